The lowest BCUT2D eigenvalue weighted by Gasteiger charge is -1.91. The Morgan fingerprint density at radius 3 is 2.94 bits per heavy atom. The number of hydrogen-bond donors (Lipinski definition) is 1. The fraction of sp³-hybridized carbons (Fsp3) is 0.200. The lowest BCUT2D eigenvalue weighted by molar-refractivity contribution is -0.118. The van der Waals surface area contributed by atoms with Crippen LogP contribution in [0.25, 0.3) is 11.5 Å². The summed E-state index contributed by atoms with van der Waals surface area (Å²) in [5.41, 5.74) is 5.40. The summed E-state index contributed by atoms with van der Waals surface area (Å²) >= 11 is 0. The first-order chi connectivity index (χ1) is 8.15. The number of nitrogens with two attached hydrogens (primary N) is 1. The van der Waals surface area contributed by atoms with Gasteiger partial charge in [0.05, 0.1) is 6.20 Å². The number of aryl methyl sites for hydroxylation is 1. The third kappa shape index (κ3) is 2.83. The topological polar surface area (TPSA) is 94.9 Å². The molecule has 7 heteroatoms. The molecule has 0 aliphatic rings. The van der Waals surface area contributed by atoms with Crippen LogP contribution in [-0.2, 0) is 11.2 Å². The quantitative estimate of drug-likeness (QED) is 0.842. The van der Waals surface area contributed by atoms with E-state index in [9.17, 15) is 9.18 Å². The number of carbonyl (C=O) groups is 1. The second kappa shape index (κ2) is 4.69. The average Bonchev–Trinajstić information content (AvgIpc) is 2.76. The van der Waals surface area contributed by atoms with Crippen LogP contribution >= 0.6 is 0 Å². The van der Waals surface area contributed by atoms with E-state index >= 15 is 0 Å². The molecule has 0 spiro atoms. The van der Waals surface area contributed by atoms with E-state index in [-0.39, 0.29) is 18.7 Å². The Kier molecular flexibility index (Phi) is 3.08. The van der Waals surface area contributed by atoms with Gasteiger partial charge in [0, 0.05) is 12.8 Å². The van der Waals surface area contributed by atoms with Crippen molar-refractivity contribution in [2.45, 2.75) is 12.8 Å². The van der Waals surface area contributed by atoms with E-state index < -0.39 is 11.7 Å². The summed E-state index contributed by atoms with van der Waals surface area (Å²) in [6.07, 6.45) is 1.48. The van der Waals surface area contributed by atoms with Gasteiger partial charge in [-0.1, -0.05) is 5.16 Å². The minimum Gasteiger partial charge on any atom is -0.370 e. The molecule has 2 N–H and O–H groups in total. The van der Waals surface area contributed by atoms with Gasteiger partial charge in [0.15, 0.2) is 0 Å². The van der Waals surface area contributed by atoms with Crippen molar-refractivity contribution in [3.8, 4) is 11.5 Å². The van der Waals surface area contributed by atoms with Crippen LogP contribution in [0.15, 0.2) is 22.9 Å². The summed E-state index contributed by atoms with van der Waals surface area (Å²) in [5, 5.41) is 3.67. The summed E-state index contributed by atoms with van der Waals surface area (Å²) < 4.78 is 17.5. The molecule has 0 fully saturated rings. The monoisotopic (exact) mass is 236 g/mol. The predicted molar refractivity (Wildman–Crippen MR) is 55.0 cm³/mol. The summed E-state index contributed by atoms with van der Waals surface area (Å²) in [7, 11) is 0. The molecule has 0 saturated carbocycles. The molecule has 17 heavy (non-hydrogen) atoms. The highest BCUT2D eigenvalue weighted by atomic mass is 19.1. The summed E-state index contributed by atoms with van der Waals surface area (Å²) in [4.78, 5) is 18.4. The van der Waals surface area contributed by atoms with Crippen molar-refractivity contribution >= 4 is 5.91 Å². The molecule has 0 saturated heterocycles. The SMILES string of the molecule is NC(=O)CCc1nc(-c2ccc(F)cn2)no1. The molecular weight excluding hydrogens is 227 g/mol. The van der Waals surface area contributed by atoms with E-state index in [0.717, 1.165) is 6.20 Å². The fourth-order valence-electron chi connectivity index (χ4n) is 1.20. The predicted octanol–water partition coefficient (Wildman–Crippen LogP) is 0.689. The molecule has 88 valence electrons. The van der Waals surface area contributed by atoms with Crippen molar-refractivity contribution in [2.75, 3.05) is 0 Å². The van der Waals surface area contributed by atoms with Crippen LogP contribution in [0.3, 0.4) is 0 Å². The van der Waals surface area contributed by atoms with Crippen LogP contribution in [0.4, 0.5) is 4.39 Å². The molecule has 2 heterocycles. The van der Waals surface area contributed by atoms with Gasteiger partial charge in [-0.2, -0.15) is 4.98 Å². The minimum atomic E-state index is -0.440. The number of carbonyl (C=O) groups excluding carboxylic acids is 1. The molecule has 0 bridgehead atoms. The maximum absolute atomic E-state index is 12.6. The van der Waals surface area contributed by atoms with E-state index in [2.05, 4.69) is 15.1 Å². The Labute approximate surface area is 95.7 Å². The zero-order valence-electron chi connectivity index (χ0n) is 8.76. The maximum atomic E-state index is 12.6. The van der Waals surface area contributed by atoms with Crippen LogP contribution in [0.5, 0.6) is 0 Å². The molecule has 0 aliphatic heterocycles. The Balaban J connectivity index is 2.12. The van der Waals surface area contributed by atoms with Gasteiger partial charge in [0.1, 0.15) is 11.5 Å². The molecule has 0 unspecified atom stereocenters. The van der Waals surface area contributed by atoms with Crippen molar-refractivity contribution in [2.24, 2.45) is 5.73 Å². The van der Waals surface area contributed by atoms with Crippen LogP contribution in [0.2, 0.25) is 0 Å². The number of aromatic nitrogens is 3. The van der Waals surface area contributed by atoms with Gasteiger partial charge in [0.25, 0.3) is 0 Å². The van der Waals surface area contributed by atoms with Crippen LogP contribution in [0.1, 0.15) is 12.3 Å². The maximum Gasteiger partial charge on any atom is 0.227 e. The molecule has 2 rings (SSSR count). The molecule has 0 radical (unpaired) electrons. The van der Waals surface area contributed by atoms with Gasteiger partial charge in [-0.25, -0.2) is 9.37 Å². The Morgan fingerprint density at radius 2 is 2.29 bits per heavy atom. The normalized spacial score (nSPS) is 10.4. The Hall–Kier alpha value is -2.31. The molecule has 0 aromatic carbocycles. The highest BCUT2D eigenvalue weighted by molar-refractivity contribution is 5.73. The third-order valence-corrected chi connectivity index (χ3v) is 2.01. The first kappa shape index (κ1) is 11.2. The van der Waals surface area contributed by atoms with Crippen molar-refractivity contribution in [3.05, 3.63) is 30.0 Å². The van der Waals surface area contributed by atoms with E-state index in [0.29, 0.717) is 11.6 Å². The standard InChI is InChI=1S/C10H9FN4O2/c11-6-1-2-7(13-5-6)10-14-9(17-15-10)4-3-8(12)16/h1-2,5H,3-4H2,(H2,12,16). The molecule has 0 atom stereocenters. The molecular formula is C10H9FN4O2. The average molecular weight is 236 g/mol. The number of amides is 1. The van der Waals surface area contributed by atoms with E-state index in [1.165, 1.54) is 12.1 Å². The van der Waals surface area contributed by atoms with Gasteiger partial charge >= 0.3 is 0 Å². The van der Waals surface area contributed by atoms with Crippen LogP contribution in [-0.4, -0.2) is 21.0 Å². The highest BCUT2D eigenvalue weighted by Crippen LogP contribution is 2.13. The van der Waals surface area contributed by atoms with Gasteiger partial charge < -0.3 is 10.3 Å². The zero-order valence-corrected chi connectivity index (χ0v) is 8.76. The van der Waals surface area contributed by atoms with Gasteiger partial charge in [-0.3, -0.25) is 4.79 Å². The number of nitrogens with zero attached hydrogens (tertiary/aromatic N) is 3. The largest absolute Gasteiger partial charge is 0.370 e. The van der Waals surface area contributed by atoms with Crippen LogP contribution < -0.4 is 5.73 Å². The molecule has 2 aromatic heterocycles. The summed E-state index contributed by atoms with van der Waals surface area (Å²) in [5.74, 6) is -0.328. The minimum absolute atomic E-state index is 0.137. The van der Waals surface area contributed by atoms with E-state index in [1.54, 1.807) is 0 Å². The number of hydrogen-bond acceptors (Lipinski definition) is 5. The molecule has 0 aliphatic carbocycles. The first-order valence-electron chi connectivity index (χ1n) is 4.88. The fourth-order valence-corrected chi connectivity index (χ4v) is 1.20. The van der Waals surface area contributed by atoms with Crippen molar-refractivity contribution in [3.63, 3.8) is 0 Å². The Morgan fingerprint density at radius 1 is 1.47 bits per heavy atom. The third-order valence-electron chi connectivity index (χ3n) is 2.01. The second-order valence-corrected chi connectivity index (χ2v) is 3.34. The zero-order chi connectivity index (χ0) is 12.3. The van der Waals surface area contributed by atoms with Gasteiger partial charge in [0.2, 0.25) is 17.6 Å². The van der Waals surface area contributed by atoms with Crippen molar-refractivity contribution in [1.29, 1.82) is 0 Å². The number of pyridine rings is 1. The van der Waals surface area contributed by atoms with E-state index in [4.69, 9.17) is 10.3 Å². The van der Waals surface area contributed by atoms with E-state index in [1.807, 2.05) is 0 Å². The summed E-state index contributed by atoms with van der Waals surface area (Å²) in [6.45, 7) is 0. The number of rotatable bonds is 4. The van der Waals surface area contributed by atoms with Crippen LogP contribution in [0, 0.1) is 5.82 Å². The highest BCUT2D eigenvalue weighted by Gasteiger charge is 2.10. The lowest BCUT2D eigenvalue weighted by atomic mass is 10.3. The van der Waals surface area contributed by atoms with Crippen molar-refractivity contribution < 1.29 is 13.7 Å². The summed E-state index contributed by atoms with van der Waals surface area (Å²) in [6, 6.07) is 2.69. The van der Waals surface area contributed by atoms with Gasteiger partial charge in [-0.05, 0) is 12.1 Å². The van der Waals surface area contributed by atoms with Crippen molar-refractivity contribution in [1.82, 2.24) is 15.1 Å². The molecule has 2 aromatic rings. The lowest BCUT2D eigenvalue weighted by Crippen LogP contribution is -2.11. The second-order valence-electron chi connectivity index (χ2n) is 3.34. The number of halogens is 1. The first-order valence-corrected chi connectivity index (χ1v) is 4.88. The Bertz CT molecular complexity index is 523. The molecule has 1 amide bonds. The molecule has 6 nitrogen and oxygen atoms in total. The number of primary amides is 1. The van der Waals surface area contributed by atoms with Gasteiger partial charge in [-0.15, -0.1) is 0 Å². The smallest absolute Gasteiger partial charge is 0.227 e.